The molecule has 1 fully saturated rings. The third kappa shape index (κ3) is 3.55. The molecule has 18 heavy (non-hydrogen) atoms. The van der Waals surface area contributed by atoms with Crippen molar-refractivity contribution in [2.24, 2.45) is 11.7 Å². The van der Waals surface area contributed by atoms with E-state index >= 15 is 0 Å². The summed E-state index contributed by atoms with van der Waals surface area (Å²) < 4.78 is 5.45. The molecule has 1 saturated heterocycles. The van der Waals surface area contributed by atoms with Crippen molar-refractivity contribution in [2.75, 3.05) is 26.3 Å². The van der Waals surface area contributed by atoms with Crippen LogP contribution in [0.25, 0.3) is 0 Å². The minimum atomic E-state index is 0.625. The number of ether oxygens (including phenoxy) is 1. The van der Waals surface area contributed by atoms with Gasteiger partial charge in [0.2, 0.25) is 0 Å². The molecule has 1 unspecified atom stereocenters. The fourth-order valence-corrected chi connectivity index (χ4v) is 2.55. The number of nitrogens with two attached hydrogens (primary N) is 1. The Kier molecular flexibility index (Phi) is 5.17. The molecule has 1 heterocycles. The van der Waals surface area contributed by atoms with Gasteiger partial charge in [-0.25, -0.2) is 0 Å². The van der Waals surface area contributed by atoms with Gasteiger partial charge < -0.3 is 10.5 Å². The summed E-state index contributed by atoms with van der Waals surface area (Å²) in [6, 6.07) is 8.48. The summed E-state index contributed by atoms with van der Waals surface area (Å²) in [5, 5.41) is 0. The highest BCUT2D eigenvalue weighted by Gasteiger charge is 2.18. The third-order valence-corrected chi connectivity index (χ3v) is 3.72. The van der Waals surface area contributed by atoms with Gasteiger partial charge in [-0.1, -0.05) is 31.2 Å². The molecular formula is C15H24N2O. The second kappa shape index (κ2) is 6.88. The lowest BCUT2D eigenvalue weighted by molar-refractivity contribution is 0.166. The molecule has 0 saturated carbocycles. The standard InChI is InChI=1S/C15H24N2O/c1-2-17(10-13-7-8-18-12-13)11-15-6-4-3-5-14(15)9-16/h3-6,13H,2,7-12,16H2,1H3. The predicted octanol–water partition coefficient (Wildman–Crippen LogP) is 2.00. The van der Waals surface area contributed by atoms with Gasteiger partial charge in [0.05, 0.1) is 6.61 Å². The van der Waals surface area contributed by atoms with Crippen LogP contribution in [0, 0.1) is 5.92 Å². The number of benzene rings is 1. The summed E-state index contributed by atoms with van der Waals surface area (Å²) in [6.07, 6.45) is 1.20. The van der Waals surface area contributed by atoms with Gasteiger partial charge >= 0.3 is 0 Å². The number of nitrogens with zero attached hydrogens (tertiary/aromatic N) is 1. The summed E-state index contributed by atoms with van der Waals surface area (Å²) in [5.74, 6) is 0.704. The molecule has 1 atom stereocenters. The van der Waals surface area contributed by atoms with E-state index in [2.05, 4.69) is 36.1 Å². The smallest absolute Gasteiger partial charge is 0.0507 e. The second-order valence-corrected chi connectivity index (χ2v) is 5.03. The third-order valence-electron chi connectivity index (χ3n) is 3.72. The predicted molar refractivity (Wildman–Crippen MR) is 74.2 cm³/mol. The van der Waals surface area contributed by atoms with Gasteiger partial charge in [0.25, 0.3) is 0 Å². The number of rotatable bonds is 6. The summed E-state index contributed by atoms with van der Waals surface area (Å²) in [7, 11) is 0. The Labute approximate surface area is 110 Å². The van der Waals surface area contributed by atoms with Gasteiger partial charge in [0.15, 0.2) is 0 Å². The lowest BCUT2D eigenvalue weighted by Crippen LogP contribution is -2.29. The molecule has 2 N–H and O–H groups in total. The van der Waals surface area contributed by atoms with Crippen molar-refractivity contribution in [3.63, 3.8) is 0 Å². The average Bonchev–Trinajstić information content (AvgIpc) is 2.91. The van der Waals surface area contributed by atoms with Gasteiger partial charge in [-0.05, 0) is 30.0 Å². The van der Waals surface area contributed by atoms with Crippen molar-refractivity contribution >= 4 is 0 Å². The molecule has 0 aliphatic carbocycles. The second-order valence-electron chi connectivity index (χ2n) is 5.03. The zero-order valence-electron chi connectivity index (χ0n) is 11.3. The normalized spacial score (nSPS) is 19.6. The van der Waals surface area contributed by atoms with Crippen LogP contribution >= 0.6 is 0 Å². The van der Waals surface area contributed by atoms with Crippen molar-refractivity contribution in [1.82, 2.24) is 4.90 Å². The summed E-state index contributed by atoms with van der Waals surface area (Å²) in [5.41, 5.74) is 8.42. The van der Waals surface area contributed by atoms with Crippen LogP contribution in [0.2, 0.25) is 0 Å². The minimum Gasteiger partial charge on any atom is -0.381 e. The summed E-state index contributed by atoms with van der Waals surface area (Å²) >= 11 is 0. The minimum absolute atomic E-state index is 0.625. The first-order valence-electron chi connectivity index (χ1n) is 6.90. The van der Waals surface area contributed by atoms with Crippen LogP contribution in [-0.4, -0.2) is 31.2 Å². The molecule has 3 heteroatoms. The van der Waals surface area contributed by atoms with E-state index in [0.29, 0.717) is 12.5 Å². The van der Waals surface area contributed by atoms with Crippen LogP contribution in [0.4, 0.5) is 0 Å². The first kappa shape index (κ1) is 13.5. The quantitative estimate of drug-likeness (QED) is 0.837. The van der Waals surface area contributed by atoms with Gasteiger partial charge in [-0.15, -0.1) is 0 Å². The molecule has 0 bridgehead atoms. The van der Waals surface area contributed by atoms with E-state index in [1.165, 1.54) is 17.5 Å². The molecule has 1 aromatic carbocycles. The molecule has 1 aliphatic heterocycles. The first-order chi connectivity index (χ1) is 8.83. The van der Waals surface area contributed by atoms with Crippen LogP contribution in [0.5, 0.6) is 0 Å². The van der Waals surface area contributed by atoms with Crippen LogP contribution in [0.15, 0.2) is 24.3 Å². The highest BCUT2D eigenvalue weighted by molar-refractivity contribution is 5.26. The van der Waals surface area contributed by atoms with Crippen LogP contribution in [0.1, 0.15) is 24.5 Å². The molecular weight excluding hydrogens is 224 g/mol. The zero-order chi connectivity index (χ0) is 12.8. The van der Waals surface area contributed by atoms with E-state index in [9.17, 15) is 0 Å². The fraction of sp³-hybridized carbons (Fsp3) is 0.600. The highest BCUT2D eigenvalue weighted by atomic mass is 16.5. The molecule has 3 nitrogen and oxygen atoms in total. The number of hydrogen-bond donors (Lipinski definition) is 1. The van der Waals surface area contributed by atoms with Crippen LogP contribution in [0.3, 0.4) is 0 Å². The van der Waals surface area contributed by atoms with E-state index in [0.717, 1.165) is 32.8 Å². The van der Waals surface area contributed by atoms with Crippen molar-refractivity contribution in [1.29, 1.82) is 0 Å². The van der Waals surface area contributed by atoms with Gasteiger partial charge in [-0.2, -0.15) is 0 Å². The van der Waals surface area contributed by atoms with Gasteiger partial charge in [0.1, 0.15) is 0 Å². The highest BCUT2D eigenvalue weighted by Crippen LogP contribution is 2.17. The SMILES string of the molecule is CCN(Cc1ccccc1CN)CC1CCOC1. The molecule has 0 radical (unpaired) electrons. The molecule has 0 aromatic heterocycles. The van der Waals surface area contributed by atoms with Gasteiger partial charge in [-0.3, -0.25) is 4.90 Å². The van der Waals surface area contributed by atoms with Crippen LogP contribution in [-0.2, 0) is 17.8 Å². The largest absolute Gasteiger partial charge is 0.381 e. The van der Waals surface area contributed by atoms with Crippen molar-refractivity contribution < 1.29 is 4.74 Å². The van der Waals surface area contributed by atoms with Crippen molar-refractivity contribution in [3.8, 4) is 0 Å². The molecule has 0 spiro atoms. The fourth-order valence-electron chi connectivity index (χ4n) is 2.55. The van der Waals surface area contributed by atoms with E-state index in [1.54, 1.807) is 0 Å². The van der Waals surface area contributed by atoms with Crippen molar-refractivity contribution in [3.05, 3.63) is 35.4 Å². The van der Waals surface area contributed by atoms with E-state index < -0.39 is 0 Å². The Morgan fingerprint density at radius 1 is 1.33 bits per heavy atom. The summed E-state index contributed by atoms with van der Waals surface area (Å²) in [6.45, 7) is 7.92. The monoisotopic (exact) mass is 248 g/mol. The maximum Gasteiger partial charge on any atom is 0.0507 e. The molecule has 1 aromatic rings. The molecule has 100 valence electrons. The van der Waals surface area contributed by atoms with Gasteiger partial charge in [0, 0.05) is 26.2 Å². The summed E-state index contributed by atoms with van der Waals surface area (Å²) in [4.78, 5) is 2.49. The maximum absolute atomic E-state index is 5.79. The van der Waals surface area contributed by atoms with E-state index in [-0.39, 0.29) is 0 Å². The molecule has 2 rings (SSSR count). The first-order valence-corrected chi connectivity index (χ1v) is 6.90. The topological polar surface area (TPSA) is 38.5 Å². The lowest BCUT2D eigenvalue weighted by atomic mass is 10.1. The zero-order valence-corrected chi connectivity index (χ0v) is 11.3. The Morgan fingerprint density at radius 3 is 2.72 bits per heavy atom. The number of hydrogen-bond acceptors (Lipinski definition) is 3. The Morgan fingerprint density at radius 2 is 2.11 bits per heavy atom. The van der Waals surface area contributed by atoms with E-state index in [1.807, 2.05) is 0 Å². The average molecular weight is 248 g/mol. The lowest BCUT2D eigenvalue weighted by Gasteiger charge is -2.24. The Bertz CT molecular complexity index is 361. The van der Waals surface area contributed by atoms with Crippen molar-refractivity contribution in [2.45, 2.75) is 26.4 Å². The Hall–Kier alpha value is -0.900. The molecule has 1 aliphatic rings. The Balaban J connectivity index is 1.96. The van der Waals surface area contributed by atoms with E-state index in [4.69, 9.17) is 10.5 Å². The molecule has 0 amide bonds. The maximum atomic E-state index is 5.79. The van der Waals surface area contributed by atoms with Crippen LogP contribution < -0.4 is 5.73 Å².